The maximum Gasteiger partial charge on any atom is 0.361 e. The average Bonchev–Trinajstić information content (AvgIpc) is 3.48. The van der Waals surface area contributed by atoms with Crippen LogP contribution in [0.25, 0.3) is 0 Å². The number of rotatable bonds is 58. The van der Waals surface area contributed by atoms with Crippen molar-refractivity contribution in [3.05, 3.63) is 182 Å². The summed E-state index contributed by atoms with van der Waals surface area (Å²) in [6, 6.07) is 0. The number of hydrogen-bond donors (Lipinski definition) is 1. The maximum atomic E-state index is 12.9. The second kappa shape index (κ2) is 64.4. The summed E-state index contributed by atoms with van der Waals surface area (Å²) in [7, 11) is 5.95. The molecule has 0 heterocycles. The van der Waals surface area contributed by atoms with Crippen molar-refractivity contribution in [3.8, 4) is 0 Å². The highest BCUT2D eigenvalue weighted by atomic mass is 16.7. The lowest BCUT2D eigenvalue weighted by Crippen LogP contribution is -2.40. The van der Waals surface area contributed by atoms with Gasteiger partial charge in [-0.15, -0.1) is 0 Å². The first-order chi connectivity index (χ1) is 41.6. The Kier molecular flexibility index (Phi) is 60.1. The lowest BCUT2D eigenvalue weighted by molar-refractivity contribution is -0.870. The second-order valence-electron chi connectivity index (χ2n) is 22.3. The first-order valence-electron chi connectivity index (χ1n) is 32.9. The number of aliphatic carboxylic acids is 1. The van der Waals surface area contributed by atoms with E-state index in [0.29, 0.717) is 23.9 Å². The number of ether oxygens (including phenoxy) is 4. The van der Waals surface area contributed by atoms with Crippen molar-refractivity contribution in [3.63, 3.8) is 0 Å². The van der Waals surface area contributed by atoms with Crippen LogP contribution in [-0.2, 0) is 33.3 Å². The van der Waals surface area contributed by atoms with Crippen LogP contribution >= 0.6 is 0 Å². The van der Waals surface area contributed by atoms with Crippen LogP contribution in [0.5, 0.6) is 0 Å². The number of carbonyl (C=O) groups excluding carboxylic acids is 2. The molecule has 0 aliphatic rings. The Morgan fingerprint density at radius 1 is 0.353 bits per heavy atom. The van der Waals surface area contributed by atoms with Gasteiger partial charge in [-0.1, -0.05) is 254 Å². The number of likely N-dealkylation sites (N-methyl/N-ethyl adjacent to an activating group) is 1. The molecule has 9 heteroatoms. The Hall–Kier alpha value is -5.61. The summed E-state index contributed by atoms with van der Waals surface area (Å²) in [6.07, 6.45) is 95.5. The minimum absolute atomic E-state index is 0.171. The van der Waals surface area contributed by atoms with Gasteiger partial charge in [0.1, 0.15) is 13.2 Å². The predicted octanol–water partition coefficient (Wildman–Crippen LogP) is 20.5. The van der Waals surface area contributed by atoms with Crippen LogP contribution in [0, 0.1) is 0 Å². The molecule has 1 N–H and O–H groups in total. The molecule has 2 unspecified atom stereocenters. The van der Waals surface area contributed by atoms with E-state index < -0.39 is 24.3 Å². The fraction of sp³-hybridized carbons (Fsp3) is 0.566. The van der Waals surface area contributed by atoms with Gasteiger partial charge < -0.3 is 28.5 Å². The fourth-order valence-electron chi connectivity index (χ4n) is 8.18. The Labute approximate surface area is 519 Å². The molecule has 2 atom stereocenters. The predicted molar refractivity (Wildman–Crippen MR) is 363 cm³/mol. The zero-order valence-corrected chi connectivity index (χ0v) is 54.2. The van der Waals surface area contributed by atoms with Crippen LogP contribution in [0.15, 0.2) is 182 Å². The number of carboxylic acids is 1. The summed E-state index contributed by atoms with van der Waals surface area (Å²) in [4.78, 5) is 37.6. The maximum absolute atomic E-state index is 12.9. The first-order valence-corrected chi connectivity index (χ1v) is 32.9. The highest BCUT2D eigenvalue weighted by Crippen LogP contribution is 2.14. The van der Waals surface area contributed by atoms with E-state index in [9.17, 15) is 19.5 Å². The van der Waals surface area contributed by atoms with Gasteiger partial charge in [-0.2, -0.15) is 0 Å². The monoisotopic (exact) mass is 1170 g/mol. The van der Waals surface area contributed by atoms with Gasteiger partial charge in [0.15, 0.2) is 6.10 Å². The molecule has 0 rings (SSSR count). The highest BCUT2D eigenvalue weighted by Gasteiger charge is 2.25. The molecule has 0 saturated heterocycles. The molecule has 0 fully saturated rings. The van der Waals surface area contributed by atoms with E-state index in [1.54, 1.807) is 0 Å². The van der Waals surface area contributed by atoms with Crippen molar-refractivity contribution < 1.29 is 42.9 Å². The summed E-state index contributed by atoms with van der Waals surface area (Å²) >= 11 is 0. The molecule has 0 saturated carbocycles. The van der Waals surface area contributed by atoms with Crippen molar-refractivity contribution in [2.75, 3.05) is 47.5 Å². The van der Waals surface area contributed by atoms with Crippen molar-refractivity contribution in [2.24, 2.45) is 0 Å². The van der Waals surface area contributed by atoms with Gasteiger partial charge in [-0.05, 0) is 135 Å². The van der Waals surface area contributed by atoms with Gasteiger partial charge in [0.25, 0.3) is 6.29 Å². The highest BCUT2D eigenvalue weighted by molar-refractivity contribution is 5.71. The van der Waals surface area contributed by atoms with Crippen LogP contribution in [0.2, 0.25) is 0 Å². The van der Waals surface area contributed by atoms with Crippen LogP contribution in [0.1, 0.15) is 219 Å². The van der Waals surface area contributed by atoms with E-state index in [1.807, 2.05) is 21.1 Å². The molecule has 0 amide bonds. The SMILES string of the molecule is CC/C=C\C/C=C\C/C=C\C/C=C\C/C=C\C/C=C\C/C=C\C/C=C\C/C=C\CCCCCCCCCCCC(=O)OC(COC(=O)CCCCCC/C=C\C/C=C\C/C=C\C/C=C\C/C=C\C/C=C\CC)COC(OCC[N+](C)(C)C)C(=O)O. The molecular formula is C76H120NO8+. The molecule has 0 bridgehead atoms. The molecule has 0 aliphatic heterocycles. The van der Waals surface area contributed by atoms with E-state index in [0.717, 1.165) is 148 Å². The first kappa shape index (κ1) is 79.4. The lowest BCUT2D eigenvalue weighted by Gasteiger charge is -2.25. The molecule has 9 nitrogen and oxygen atoms in total. The third-order valence-corrected chi connectivity index (χ3v) is 13.2. The molecule has 0 radical (unpaired) electrons. The molecule has 476 valence electrons. The summed E-state index contributed by atoms with van der Waals surface area (Å²) in [5.74, 6) is -2.07. The van der Waals surface area contributed by atoms with Gasteiger partial charge in [-0.3, -0.25) is 9.59 Å². The Bertz CT molecular complexity index is 2050. The molecule has 0 aromatic carbocycles. The van der Waals surface area contributed by atoms with Gasteiger partial charge in [0, 0.05) is 12.8 Å². The topological polar surface area (TPSA) is 108 Å². The summed E-state index contributed by atoms with van der Waals surface area (Å²) < 4.78 is 22.9. The third kappa shape index (κ3) is 65.8. The van der Waals surface area contributed by atoms with E-state index in [4.69, 9.17) is 18.9 Å². The van der Waals surface area contributed by atoms with Gasteiger partial charge in [0.2, 0.25) is 0 Å². The van der Waals surface area contributed by atoms with Crippen LogP contribution in [0.3, 0.4) is 0 Å². The molecule has 0 aromatic rings. The Balaban J connectivity index is 4.27. The zero-order valence-electron chi connectivity index (χ0n) is 54.2. The minimum Gasteiger partial charge on any atom is -0.477 e. The number of allylic oxidation sites excluding steroid dienone is 30. The van der Waals surface area contributed by atoms with Gasteiger partial charge >= 0.3 is 17.9 Å². The summed E-state index contributed by atoms with van der Waals surface area (Å²) in [5.41, 5.74) is 0. The molecular weight excluding hydrogens is 1050 g/mol. The van der Waals surface area contributed by atoms with E-state index in [-0.39, 0.29) is 38.6 Å². The number of quaternary nitrogens is 1. The van der Waals surface area contributed by atoms with E-state index in [1.165, 1.54) is 32.1 Å². The summed E-state index contributed by atoms with van der Waals surface area (Å²) in [6.45, 7) is 4.58. The fourth-order valence-corrected chi connectivity index (χ4v) is 8.18. The van der Waals surface area contributed by atoms with Crippen molar-refractivity contribution >= 4 is 17.9 Å². The average molecular weight is 1180 g/mol. The molecule has 0 aliphatic carbocycles. The molecule has 0 aromatic heterocycles. The normalized spacial score (nSPS) is 13.9. The minimum atomic E-state index is -1.53. The van der Waals surface area contributed by atoms with Crippen LogP contribution in [0.4, 0.5) is 0 Å². The zero-order chi connectivity index (χ0) is 61.9. The van der Waals surface area contributed by atoms with Crippen molar-refractivity contribution in [2.45, 2.75) is 232 Å². The number of hydrogen-bond acceptors (Lipinski definition) is 7. The van der Waals surface area contributed by atoms with Crippen LogP contribution in [-0.4, -0.2) is 87.4 Å². The molecule has 85 heavy (non-hydrogen) atoms. The number of carboxylic acid groups (broad SMARTS) is 1. The van der Waals surface area contributed by atoms with E-state index >= 15 is 0 Å². The number of nitrogens with zero attached hydrogens (tertiary/aromatic N) is 1. The number of carbonyl (C=O) groups is 3. The summed E-state index contributed by atoms with van der Waals surface area (Å²) in [5, 5.41) is 9.73. The van der Waals surface area contributed by atoms with E-state index in [2.05, 4.69) is 196 Å². The van der Waals surface area contributed by atoms with Crippen LogP contribution < -0.4 is 0 Å². The smallest absolute Gasteiger partial charge is 0.361 e. The second-order valence-corrected chi connectivity index (χ2v) is 22.3. The van der Waals surface area contributed by atoms with Crippen molar-refractivity contribution in [1.82, 2.24) is 0 Å². The molecule has 0 spiro atoms. The standard InChI is InChI=1S/C76H119NO8/c1-6-8-10-12-14-16-18-20-22-24-26-28-30-31-32-33-34-35-36-37-38-39-40-41-42-43-45-47-49-51-53-55-57-59-61-63-65-67-74(79)85-72(71-84-76(75(80)81)82-69-68-77(3,4)5)70-83-73(78)66-64-62-60-58-56-54-52-50-48-46-44-29-27-25-23-21-19-17-15-13-11-9-7-2/h8-11,14-17,20-23,26-29,31-32,34-35,37-38,40-41,43,45-46,48,52,54,72,76H,6-7,12-13,18-19,24-25,30,33,36,39,42,44,47,49-51,53,55-71H2,1-5H3/p+1/b10-8-,11-9-,16-14-,17-15-,22-20-,23-21-,28-26-,29-27-,32-31-,35-34-,38-37-,41-40-,45-43-,48-46-,54-52-. The Morgan fingerprint density at radius 2 is 0.635 bits per heavy atom. The quantitative estimate of drug-likeness (QED) is 0.0211. The largest absolute Gasteiger partial charge is 0.477 e. The number of unbranched alkanes of at least 4 members (excludes halogenated alkanes) is 13. The van der Waals surface area contributed by atoms with Crippen molar-refractivity contribution in [1.29, 1.82) is 0 Å². The number of esters is 2. The van der Waals surface area contributed by atoms with Gasteiger partial charge in [-0.25, -0.2) is 4.79 Å². The third-order valence-electron chi connectivity index (χ3n) is 13.2. The lowest BCUT2D eigenvalue weighted by atomic mass is 10.1. The Morgan fingerprint density at radius 3 is 0.941 bits per heavy atom. The van der Waals surface area contributed by atoms with Gasteiger partial charge in [0.05, 0.1) is 34.4 Å².